The summed E-state index contributed by atoms with van der Waals surface area (Å²) in [5, 5.41) is 14.5. The van der Waals surface area contributed by atoms with Crippen LogP contribution < -0.4 is 11.1 Å². The molecule has 0 aliphatic heterocycles. The molecule has 2 rings (SSSR count). The predicted molar refractivity (Wildman–Crippen MR) is 67.8 cm³/mol. The van der Waals surface area contributed by atoms with Crippen LogP contribution in [0.1, 0.15) is 11.4 Å². The van der Waals surface area contributed by atoms with Crippen LogP contribution in [0, 0.1) is 0 Å². The molecule has 0 spiro atoms. The fraction of sp³-hybridized carbons (Fsp3) is 0.455. The second-order valence-corrected chi connectivity index (χ2v) is 4.16. The Balaban J connectivity index is 1.74. The molecule has 1 amide bonds. The first-order valence-electron chi connectivity index (χ1n) is 6.01. The van der Waals surface area contributed by atoms with Crippen LogP contribution in [0.15, 0.2) is 18.5 Å². The first kappa shape index (κ1) is 13.2. The summed E-state index contributed by atoms with van der Waals surface area (Å²) < 4.78 is 3.26. The quantitative estimate of drug-likeness (QED) is 0.683. The predicted octanol–water partition coefficient (Wildman–Crippen LogP) is -1.17. The lowest BCUT2D eigenvalue weighted by atomic mass is 10.3. The van der Waals surface area contributed by atoms with E-state index in [0.29, 0.717) is 18.8 Å². The van der Waals surface area contributed by atoms with E-state index in [2.05, 4.69) is 20.7 Å². The fourth-order valence-corrected chi connectivity index (χ4v) is 1.69. The van der Waals surface area contributed by atoms with Gasteiger partial charge in [-0.05, 0) is 6.07 Å². The van der Waals surface area contributed by atoms with Gasteiger partial charge in [-0.25, -0.2) is 4.68 Å². The molecule has 8 heteroatoms. The molecule has 8 nitrogen and oxygen atoms in total. The van der Waals surface area contributed by atoms with Crippen LogP contribution in [0.25, 0.3) is 0 Å². The van der Waals surface area contributed by atoms with Gasteiger partial charge in [0.15, 0.2) is 0 Å². The maximum absolute atomic E-state index is 11.7. The Labute approximate surface area is 110 Å². The van der Waals surface area contributed by atoms with E-state index in [4.69, 9.17) is 5.73 Å². The molecule has 0 fully saturated rings. The summed E-state index contributed by atoms with van der Waals surface area (Å²) in [6, 6.07) is 1.93. The van der Waals surface area contributed by atoms with Gasteiger partial charge in [0.1, 0.15) is 6.54 Å². The molecule has 2 heterocycles. The molecule has 0 aromatic carbocycles. The number of aryl methyl sites for hydroxylation is 1. The van der Waals surface area contributed by atoms with Crippen molar-refractivity contribution in [2.45, 2.75) is 19.5 Å². The molecule has 19 heavy (non-hydrogen) atoms. The summed E-state index contributed by atoms with van der Waals surface area (Å²) in [6.45, 7) is 1.04. The van der Waals surface area contributed by atoms with Crippen molar-refractivity contribution in [2.24, 2.45) is 12.8 Å². The number of carbonyl (C=O) groups is 1. The SMILES string of the molecule is Cn1nccc1CCNC(=O)Cn1cc(CN)nn1. The topological polar surface area (TPSA) is 104 Å². The Hall–Kier alpha value is -2.22. The van der Waals surface area contributed by atoms with Gasteiger partial charge in [0.25, 0.3) is 0 Å². The maximum atomic E-state index is 11.7. The third-order valence-corrected chi connectivity index (χ3v) is 2.73. The van der Waals surface area contributed by atoms with E-state index in [0.717, 1.165) is 12.1 Å². The number of hydrogen-bond donors (Lipinski definition) is 2. The molecular weight excluding hydrogens is 246 g/mol. The summed E-state index contributed by atoms with van der Waals surface area (Å²) in [5.41, 5.74) is 7.16. The summed E-state index contributed by atoms with van der Waals surface area (Å²) in [4.78, 5) is 11.7. The van der Waals surface area contributed by atoms with Crippen molar-refractivity contribution in [3.8, 4) is 0 Å². The molecular formula is C11H17N7O. The Bertz CT molecular complexity index is 545. The third kappa shape index (κ3) is 3.62. The molecule has 0 saturated heterocycles. The van der Waals surface area contributed by atoms with Gasteiger partial charge in [-0.2, -0.15) is 5.10 Å². The van der Waals surface area contributed by atoms with Crippen molar-refractivity contribution < 1.29 is 4.79 Å². The van der Waals surface area contributed by atoms with Gasteiger partial charge in [-0.1, -0.05) is 5.21 Å². The zero-order valence-corrected chi connectivity index (χ0v) is 10.8. The molecule has 2 aromatic heterocycles. The smallest absolute Gasteiger partial charge is 0.241 e. The highest BCUT2D eigenvalue weighted by Crippen LogP contribution is 1.96. The molecule has 0 unspecified atom stereocenters. The summed E-state index contributed by atoms with van der Waals surface area (Å²) in [5.74, 6) is -0.101. The van der Waals surface area contributed by atoms with Crippen molar-refractivity contribution in [3.63, 3.8) is 0 Å². The van der Waals surface area contributed by atoms with E-state index in [1.54, 1.807) is 17.1 Å². The number of nitrogens with two attached hydrogens (primary N) is 1. The Morgan fingerprint density at radius 2 is 2.37 bits per heavy atom. The van der Waals surface area contributed by atoms with Crippen LogP contribution in [0.5, 0.6) is 0 Å². The number of aromatic nitrogens is 5. The average molecular weight is 263 g/mol. The van der Waals surface area contributed by atoms with Gasteiger partial charge in [-0.3, -0.25) is 9.48 Å². The van der Waals surface area contributed by atoms with Crippen LogP contribution >= 0.6 is 0 Å². The second-order valence-electron chi connectivity index (χ2n) is 4.16. The monoisotopic (exact) mass is 263 g/mol. The number of nitrogens with one attached hydrogen (secondary N) is 1. The van der Waals surface area contributed by atoms with E-state index >= 15 is 0 Å². The fourth-order valence-electron chi connectivity index (χ4n) is 1.69. The lowest BCUT2D eigenvalue weighted by molar-refractivity contribution is -0.121. The van der Waals surface area contributed by atoms with E-state index in [9.17, 15) is 4.79 Å². The molecule has 102 valence electrons. The minimum Gasteiger partial charge on any atom is -0.354 e. The number of nitrogens with zero attached hydrogens (tertiary/aromatic N) is 5. The van der Waals surface area contributed by atoms with Gasteiger partial charge >= 0.3 is 0 Å². The molecule has 3 N–H and O–H groups in total. The van der Waals surface area contributed by atoms with Gasteiger partial charge < -0.3 is 11.1 Å². The van der Waals surface area contributed by atoms with Crippen LogP contribution in [0.4, 0.5) is 0 Å². The Morgan fingerprint density at radius 1 is 1.53 bits per heavy atom. The highest BCUT2D eigenvalue weighted by Gasteiger charge is 2.05. The zero-order valence-electron chi connectivity index (χ0n) is 10.8. The summed E-state index contributed by atoms with van der Waals surface area (Å²) >= 11 is 0. The average Bonchev–Trinajstić information content (AvgIpc) is 2.99. The van der Waals surface area contributed by atoms with E-state index in [1.807, 2.05) is 13.1 Å². The Morgan fingerprint density at radius 3 is 3.00 bits per heavy atom. The minimum atomic E-state index is -0.101. The molecule has 0 atom stereocenters. The van der Waals surface area contributed by atoms with Gasteiger partial charge in [0.2, 0.25) is 5.91 Å². The van der Waals surface area contributed by atoms with Crippen molar-refractivity contribution in [1.29, 1.82) is 0 Å². The van der Waals surface area contributed by atoms with E-state index in [-0.39, 0.29) is 12.5 Å². The number of amides is 1. The van der Waals surface area contributed by atoms with Crippen molar-refractivity contribution >= 4 is 5.91 Å². The van der Waals surface area contributed by atoms with Crippen LogP contribution in [-0.4, -0.2) is 37.2 Å². The molecule has 0 bridgehead atoms. The number of hydrogen-bond acceptors (Lipinski definition) is 5. The van der Waals surface area contributed by atoms with Crippen LogP contribution in [-0.2, 0) is 31.4 Å². The van der Waals surface area contributed by atoms with Crippen molar-refractivity contribution in [1.82, 2.24) is 30.1 Å². The van der Waals surface area contributed by atoms with Crippen LogP contribution in [0.3, 0.4) is 0 Å². The van der Waals surface area contributed by atoms with E-state index in [1.165, 1.54) is 4.68 Å². The zero-order chi connectivity index (χ0) is 13.7. The molecule has 0 aliphatic rings. The largest absolute Gasteiger partial charge is 0.354 e. The summed E-state index contributed by atoms with van der Waals surface area (Å²) in [6.07, 6.45) is 4.15. The normalized spacial score (nSPS) is 10.6. The lowest BCUT2D eigenvalue weighted by Crippen LogP contribution is -2.29. The van der Waals surface area contributed by atoms with Gasteiger partial charge in [0, 0.05) is 38.4 Å². The second kappa shape index (κ2) is 6.10. The van der Waals surface area contributed by atoms with Gasteiger partial charge in [0.05, 0.1) is 11.9 Å². The number of carbonyl (C=O) groups excluding carboxylic acids is 1. The Kier molecular flexibility index (Phi) is 4.24. The molecule has 0 aliphatic carbocycles. The highest BCUT2D eigenvalue weighted by molar-refractivity contribution is 5.75. The van der Waals surface area contributed by atoms with Crippen molar-refractivity contribution in [3.05, 3.63) is 29.8 Å². The molecule has 0 radical (unpaired) electrons. The first-order valence-corrected chi connectivity index (χ1v) is 6.01. The minimum absolute atomic E-state index is 0.101. The van der Waals surface area contributed by atoms with E-state index < -0.39 is 0 Å². The van der Waals surface area contributed by atoms with Gasteiger partial charge in [-0.15, -0.1) is 5.10 Å². The molecule has 0 saturated carbocycles. The lowest BCUT2D eigenvalue weighted by Gasteiger charge is -2.05. The van der Waals surface area contributed by atoms with Crippen molar-refractivity contribution in [2.75, 3.05) is 6.54 Å². The van der Waals surface area contributed by atoms with Crippen LogP contribution in [0.2, 0.25) is 0 Å². The molecule has 2 aromatic rings. The highest BCUT2D eigenvalue weighted by atomic mass is 16.2. The standard InChI is InChI=1S/C11H17N7O/c1-17-10(3-5-14-17)2-4-13-11(19)8-18-7-9(6-12)15-16-18/h3,5,7H,2,4,6,8,12H2,1H3,(H,13,19). The summed E-state index contributed by atoms with van der Waals surface area (Å²) in [7, 11) is 1.88. The number of rotatable bonds is 6. The maximum Gasteiger partial charge on any atom is 0.241 e. The first-order chi connectivity index (χ1) is 9.19. The third-order valence-electron chi connectivity index (χ3n) is 2.73.